The van der Waals surface area contributed by atoms with Gasteiger partial charge in [0.2, 0.25) is 0 Å². The van der Waals surface area contributed by atoms with Crippen molar-refractivity contribution in [2.75, 3.05) is 10.6 Å². The van der Waals surface area contributed by atoms with Crippen molar-refractivity contribution in [3.8, 4) is 6.07 Å². The second-order valence-corrected chi connectivity index (χ2v) is 6.87. The molecule has 0 fully saturated rings. The van der Waals surface area contributed by atoms with Crippen molar-refractivity contribution < 1.29 is 24.6 Å². The fourth-order valence-electron chi connectivity index (χ4n) is 3.19. The van der Waals surface area contributed by atoms with E-state index in [0.717, 1.165) is 6.07 Å². The fraction of sp³-hybridized carbons (Fsp3) is 0.136. The molecule has 1 aliphatic rings. The number of aliphatic imine (C=N–C) groups is 1. The topological polar surface area (TPSA) is 157 Å². The maximum Gasteiger partial charge on any atom is 0.335 e. The second kappa shape index (κ2) is 8.22. The molecular formula is C22H18N4O5. The van der Waals surface area contributed by atoms with Crippen molar-refractivity contribution in [3.63, 3.8) is 0 Å². The molecule has 156 valence electrons. The molecule has 0 aliphatic carbocycles. The molecule has 0 spiro atoms. The molecule has 9 nitrogen and oxygen atoms in total. The second-order valence-electron chi connectivity index (χ2n) is 6.87. The lowest BCUT2D eigenvalue weighted by molar-refractivity contribution is -0.121. The van der Waals surface area contributed by atoms with Gasteiger partial charge in [-0.05, 0) is 49.7 Å². The van der Waals surface area contributed by atoms with Gasteiger partial charge >= 0.3 is 5.97 Å². The first-order chi connectivity index (χ1) is 14.7. The van der Waals surface area contributed by atoms with E-state index < -0.39 is 24.4 Å². The molecule has 0 bridgehead atoms. The number of nitrogens with zero attached hydrogens (tertiary/aromatic N) is 3. The van der Waals surface area contributed by atoms with E-state index in [1.807, 2.05) is 0 Å². The van der Waals surface area contributed by atoms with Gasteiger partial charge in [-0.15, -0.1) is 0 Å². The Kier molecular flexibility index (Phi) is 5.68. The summed E-state index contributed by atoms with van der Waals surface area (Å²) in [5.41, 5.74) is 6.84. The first-order valence-electron chi connectivity index (χ1n) is 9.11. The quantitative estimate of drug-likeness (QED) is 0.507. The number of aliphatic hydroxyl groups excluding tert-OH is 1. The smallest absolute Gasteiger partial charge is 0.335 e. The first-order valence-corrected chi connectivity index (χ1v) is 9.11. The SMILES string of the molecule is CC1=C(C#N)C(=O)N(c2cc(C(=O)O)ccc2CO)C(=O)/C1=N\c1ccc(N)cc1C. The zero-order valence-electron chi connectivity index (χ0n) is 16.7. The van der Waals surface area contributed by atoms with Crippen LogP contribution in [0.25, 0.3) is 0 Å². The number of nitrogens with two attached hydrogens (primary N) is 1. The van der Waals surface area contributed by atoms with Crippen molar-refractivity contribution in [2.45, 2.75) is 20.5 Å². The molecule has 0 radical (unpaired) electrons. The molecule has 31 heavy (non-hydrogen) atoms. The predicted octanol–water partition coefficient (Wildman–Crippen LogP) is 2.25. The van der Waals surface area contributed by atoms with Gasteiger partial charge in [0.15, 0.2) is 0 Å². The lowest BCUT2D eigenvalue weighted by atomic mass is 9.96. The van der Waals surface area contributed by atoms with Gasteiger partial charge in [-0.1, -0.05) is 6.07 Å². The van der Waals surface area contributed by atoms with Gasteiger partial charge < -0.3 is 15.9 Å². The molecule has 0 saturated carbocycles. The Morgan fingerprint density at radius 3 is 2.45 bits per heavy atom. The predicted molar refractivity (Wildman–Crippen MR) is 113 cm³/mol. The minimum Gasteiger partial charge on any atom is -0.478 e. The first kappa shape index (κ1) is 21.4. The van der Waals surface area contributed by atoms with E-state index >= 15 is 0 Å². The summed E-state index contributed by atoms with van der Waals surface area (Å²) in [4.78, 5) is 42.7. The number of nitriles is 1. The number of anilines is 2. The summed E-state index contributed by atoms with van der Waals surface area (Å²) in [6.45, 7) is 2.63. The standard InChI is InChI=1S/C22H18N4O5/c1-11-7-15(24)5-6-17(11)25-19-12(2)16(9-23)20(28)26(21(19)29)18-8-13(22(30)31)3-4-14(18)10-27/h3-8,27H,10,24H2,1-2H3,(H,30,31)/b25-19-. The summed E-state index contributed by atoms with van der Waals surface area (Å²) in [6.07, 6.45) is 0. The number of aliphatic hydroxyl groups is 1. The van der Waals surface area contributed by atoms with Crippen LogP contribution in [0.15, 0.2) is 52.5 Å². The molecule has 0 unspecified atom stereocenters. The number of carbonyl (C=O) groups is 3. The molecular weight excluding hydrogens is 400 g/mol. The van der Waals surface area contributed by atoms with Crippen molar-refractivity contribution in [1.82, 2.24) is 0 Å². The molecule has 2 amide bonds. The zero-order valence-corrected chi connectivity index (χ0v) is 16.7. The Balaban J connectivity index is 2.26. The summed E-state index contributed by atoms with van der Waals surface area (Å²) in [7, 11) is 0. The number of aryl methyl sites for hydroxylation is 1. The highest BCUT2D eigenvalue weighted by atomic mass is 16.4. The van der Waals surface area contributed by atoms with Crippen molar-refractivity contribution in [1.29, 1.82) is 5.26 Å². The van der Waals surface area contributed by atoms with Crippen LogP contribution < -0.4 is 10.6 Å². The van der Waals surface area contributed by atoms with Gasteiger partial charge in [-0.25, -0.2) is 14.7 Å². The van der Waals surface area contributed by atoms with E-state index in [2.05, 4.69) is 4.99 Å². The van der Waals surface area contributed by atoms with Gasteiger partial charge in [0.25, 0.3) is 11.8 Å². The Labute approximate surface area is 177 Å². The Morgan fingerprint density at radius 1 is 1.16 bits per heavy atom. The lowest BCUT2D eigenvalue weighted by Gasteiger charge is -2.28. The molecule has 2 aromatic carbocycles. The molecule has 4 N–H and O–H groups in total. The molecule has 0 aromatic heterocycles. The average molecular weight is 418 g/mol. The Bertz CT molecular complexity index is 1240. The molecule has 0 saturated heterocycles. The van der Waals surface area contributed by atoms with Gasteiger partial charge in [-0.2, -0.15) is 5.26 Å². The fourth-order valence-corrected chi connectivity index (χ4v) is 3.19. The number of hydrogen-bond acceptors (Lipinski definition) is 7. The number of carboxylic acids is 1. The highest BCUT2D eigenvalue weighted by molar-refractivity contribution is 6.57. The monoisotopic (exact) mass is 418 g/mol. The largest absolute Gasteiger partial charge is 0.478 e. The van der Waals surface area contributed by atoms with E-state index in [1.54, 1.807) is 31.2 Å². The number of benzene rings is 2. The molecule has 0 atom stereocenters. The van der Waals surface area contributed by atoms with Crippen LogP contribution in [0.1, 0.15) is 28.4 Å². The molecule has 3 rings (SSSR count). The van der Waals surface area contributed by atoms with Gasteiger partial charge in [0.1, 0.15) is 17.4 Å². The number of hydrogen-bond donors (Lipinski definition) is 3. The van der Waals surface area contributed by atoms with Crippen LogP contribution in [0.2, 0.25) is 0 Å². The van der Waals surface area contributed by atoms with Crippen molar-refractivity contribution >= 4 is 40.6 Å². The highest BCUT2D eigenvalue weighted by Gasteiger charge is 2.39. The summed E-state index contributed by atoms with van der Waals surface area (Å²) in [6, 6.07) is 10.3. The Hall–Kier alpha value is -4.29. The Morgan fingerprint density at radius 2 is 1.87 bits per heavy atom. The van der Waals surface area contributed by atoms with Crippen LogP contribution >= 0.6 is 0 Å². The lowest BCUT2D eigenvalue weighted by Crippen LogP contribution is -2.47. The average Bonchev–Trinajstić information content (AvgIpc) is 2.72. The van der Waals surface area contributed by atoms with E-state index in [4.69, 9.17) is 5.73 Å². The molecule has 1 aliphatic heterocycles. The summed E-state index contributed by atoms with van der Waals surface area (Å²) >= 11 is 0. The van der Waals surface area contributed by atoms with Crippen LogP contribution in [0, 0.1) is 18.3 Å². The van der Waals surface area contributed by atoms with Crippen molar-refractivity contribution in [3.05, 3.63) is 64.2 Å². The zero-order chi connectivity index (χ0) is 22.9. The van der Waals surface area contributed by atoms with Crippen LogP contribution in [-0.4, -0.2) is 33.7 Å². The molecule has 2 aromatic rings. The number of rotatable bonds is 4. The summed E-state index contributed by atoms with van der Waals surface area (Å²) < 4.78 is 0. The molecule has 1 heterocycles. The highest BCUT2D eigenvalue weighted by Crippen LogP contribution is 2.31. The number of nitrogen functional groups attached to an aromatic ring is 1. The third-order valence-corrected chi connectivity index (χ3v) is 4.86. The maximum absolute atomic E-state index is 13.3. The molecule has 9 heteroatoms. The van der Waals surface area contributed by atoms with Gasteiger partial charge in [0.05, 0.1) is 23.5 Å². The van der Waals surface area contributed by atoms with Crippen molar-refractivity contribution in [2.24, 2.45) is 4.99 Å². The van der Waals surface area contributed by atoms with Crippen LogP contribution in [-0.2, 0) is 16.2 Å². The number of carbonyl (C=O) groups excluding carboxylic acids is 2. The van der Waals surface area contributed by atoms with Crippen LogP contribution in [0.4, 0.5) is 17.1 Å². The number of aromatic carboxylic acids is 1. The number of carboxylic acid groups (broad SMARTS) is 1. The van der Waals surface area contributed by atoms with Gasteiger partial charge in [0, 0.05) is 16.8 Å². The van der Waals surface area contributed by atoms with E-state index in [1.165, 1.54) is 19.1 Å². The van der Waals surface area contributed by atoms with E-state index in [9.17, 15) is 29.9 Å². The normalized spacial score (nSPS) is 15.4. The maximum atomic E-state index is 13.3. The number of amides is 2. The van der Waals surface area contributed by atoms with E-state index in [-0.39, 0.29) is 33.7 Å². The summed E-state index contributed by atoms with van der Waals surface area (Å²) in [5, 5.41) is 28.5. The number of imide groups is 1. The third-order valence-electron chi connectivity index (χ3n) is 4.86. The van der Waals surface area contributed by atoms with Crippen LogP contribution in [0.3, 0.4) is 0 Å². The minimum atomic E-state index is -1.28. The van der Waals surface area contributed by atoms with Gasteiger partial charge in [-0.3, -0.25) is 9.59 Å². The summed E-state index contributed by atoms with van der Waals surface area (Å²) in [5.74, 6) is -3.04. The third kappa shape index (κ3) is 3.80. The van der Waals surface area contributed by atoms with Crippen LogP contribution in [0.5, 0.6) is 0 Å². The van der Waals surface area contributed by atoms with E-state index in [0.29, 0.717) is 21.8 Å². The minimum absolute atomic E-state index is 0.102.